The predicted octanol–water partition coefficient (Wildman–Crippen LogP) is 2.03. The summed E-state index contributed by atoms with van der Waals surface area (Å²) in [6.45, 7) is 4.15. The molecular weight excluding hydrogens is 235 g/mol. The molecule has 4 nitrogen and oxygen atoms in total. The van der Waals surface area contributed by atoms with Crippen LogP contribution in [-0.2, 0) is 4.74 Å². The van der Waals surface area contributed by atoms with Crippen LogP contribution >= 0.6 is 0 Å². The highest BCUT2D eigenvalue weighted by Gasteiger charge is 2.19. The lowest BCUT2D eigenvalue weighted by Gasteiger charge is -2.25. The van der Waals surface area contributed by atoms with Crippen LogP contribution in [0, 0.1) is 5.82 Å². The number of rotatable bonds is 2. The first kappa shape index (κ1) is 13.0. The molecule has 1 aliphatic heterocycles. The van der Waals surface area contributed by atoms with Crippen LogP contribution in [0.15, 0.2) is 12.1 Å². The molecule has 18 heavy (non-hydrogen) atoms. The van der Waals surface area contributed by atoms with Crippen LogP contribution in [0.5, 0.6) is 5.75 Å². The molecule has 1 aliphatic rings. The van der Waals surface area contributed by atoms with Gasteiger partial charge in [0, 0.05) is 31.8 Å². The summed E-state index contributed by atoms with van der Waals surface area (Å²) in [6.07, 6.45) is 0.978. The van der Waals surface area contributed by atoms with E-state index >= 15 is 0 Å². The minimum absolute atomic E-state index is 0.0930. The van der Waals surface area contributed by atoms with E-state index in [1.165, 1.54) is 13.2 Å². The molecule has 2 N–H and O–H groups in total. The number of nitrogens with two attached hydrogens (primary N) is 1. The van der Waals surface area contributed by atoms with Gasteiger partial charge >= 0.3 is 0 Å². The van der Waals surface area contributed by atoms with E-state index in [1.807, 2.05) is 11.8 Å². The summed E-state index contributed by atoms with van der Waals surface area (Å²) in [4.78, 5) is 1.98. The number of hydrogen-bond acceptors (Lipinski definition) is 4. The van der Waals surface area contributed by atoms with Gasteiger partial charge in [-0.1, -0.05) is 0 Å². The second-order valence-corrected chi connectivity index (χ2v) is 4.53. The van der Waals surface area contributed by atoms with Gasteiger partial charge in [-0.15, -0.1) is 0 Å². The summed E-state index contributed by atoms with van der Waals surface area (Å²) in [5, 5.41) is 0. The third-order valence-corrected chi connectivity index (χ3v) is 3.09. The maximum atomic E-state index is 14.0. The smallest absolute Gasteiger partial charge is 0.148 e. The number of anilines is 2. The van der Waals surface area contributed by atoms with E-state index in [-0.39, 0.29) is 11.9 Å². The van der Waals surface area contributed by atoms with E-state index in [9.17, 15) is 4.39 Å². The highest BCUT2D eigenvalue weighted by Crippen LogP contribution is 2.31. The highest BCUT2D eigenvalue weighted by molar-refractivity contribution is 5.63. The van der Waals surface area contributed by atoms with Gasteiger partial charge < -0.3 is 20.1 Å². The van der Waals surface area contributed by atoms with Gasteiger partial charge in [-0.05, 0) is 13.3 Å². The van der Waals surface area contributed by atoms with Crippen LogP contribution in [0.4, 0.5) is 15.8 Å². The van der Waals surface area contributed by atoms with Crippen molar-refractivity contribution in [2.45, 2.75) is 19.4 Å². The van der Waals surface area contributed by atoms with Crippen molar-refractivity contribution in [2.24, 2.45) is 0 Å². The molecule has 2 rings (SSSR count). The Morgan fingerprint density at radius 2 is 2.28 bits per heavy atom. The molecule has 0 saturated carbocycles. The number of nitrogen functional groups attached to an aromatic ring is 1. The third-order valence-electron chi connectivity index (χ3n) is 3.09. The molecule has 1 aromatic carbocycles. The summed E-state index contributed by atoms with van der Waals surface area (Å²) in [5.41, 5.74) is 6.52. The van der Waals surface area contributed by atoms with Crippen molar-refractivity contribution in [1.82, 2.24) is 0 Å². The Kier molecular flexibility index (Phi) is 3.91. The summed E-state index contributed by atoms with van der Waals surface area (Å²) in [5.74, 6) is 0.187. The van der Waals surface area contributed by atoms with Gasteiger partial charge in [-0.25, -0.2) is 4.39 Å². The molecule has 1 saturated heterocycles. The van der Waals surface area contributed by atoms with Crippen LogP contribution in [0.1, 0.15) is 13.3 Å². The standard InChI is InChI=1S/C13H19FN2O2/c1-9-8-16(4-3-5-18-9)12-7-13(17-2)11(15)6-10(12)14/h6-7,9H,3-5,8,15H2,1-2H3. The minimum Gasteiger partial charge on any atom is -0.495 e. The van der Waals surface area contributed by atoms with Crippen molar-refractivity contribution in [2.75, 3.05) is 37.4 Å². The Balaban J connectivity index is 2.30. The third kappa shape index (κ3) is 2.67. The number of ether oxygens (including phenoxy) is 2. The Bertz CT molecular complexity index is 426. The number of nitrogens with zero attached hydrogens (tertiary/aromatic N) is 1. The fraction of sp³-hybridized carbons (Fsp3) is 0.538. The molecule has 1 fully saturated rings. The summed E-state index contributed by atoms with van der Waals surface area (Å²) in [7, 11) is 1.53. The Hall–Kier alpha value is -1.49. The molecule has 0 amide bonds. The first-order chi connectivity index (χ1) is 8.61. The fourth-order valence-electron chi connectivity index (χ4n) is 2.19. The van der Waals surface area contributed by atoms with E-state index in [0.29, 0.717) is 30.3 Å². The van der Waals surface area contributed by atoms with Gasteiger partial charge in [0.2, 0.25) is 0 Å². The van der Waals surface area contributed by atoms with Crippen molar-refractivity contribution < 1.29 is 13.9 Å². The average Bonchev–Trinajstić information content (AvgIpc) is 2.54. The first-order valence-corrected chi connectivity index (χ1v) is 6.11. The van der Waals surface area contributed by atoms with Crippen molar-refractivity contribution in [3.8, 4) is 5.75 Å². The first-order valence-electron chi connectivity index (χ1n) is 6.11. The van der Waals surface area contributed by atoms with E-state index in [2.05, 4.69) is 0 Å². The largest absolute Gasteiger partial charge is 0.495 e. The lowest BCUT2D eigenvalue weighted by molar-refractivity contribution is 0.0820. The molecule has 1 unspecified atom stereocenters. The Labute approximate surface area is 106 Å². The lowest BCUT2D eigenvalue weighted by atomic mass is 10.2. The van der Waals surface area contributed by atoms with Gasteiger partial charge in [-0.3, -0.25) is 0 Å². The molecule has 5 heteroatoms. The Morgan fingerprint density at radius 3 is 3.00 bits per heavy atom. The van der Waals surface area contributed by atoms with Crippen LogP contribution < -0.4 is 15.4 Å². The van der Waals surface area contributed by atoms with Crippen LogP contribution in [0.25, 0.3) is 0 Å². The molecule has 0 aliphatic carbocycles. The molecule has 0 radical (unpaired) electrons. The quantitative estimate of drug-likeness (QED) is 0.820. The van der Waals surface area contributed by atoms with E-state index < -0.39 is 0 Å². The molecule has 1 atom stereocenters. The molecule has 0 spiro atoms. The summed E-state index contributed by atoms with van der Waals surface area (Å²) in [6, 6.07) is 2.97. The van der Waals surface area contributed by atoms with Crippen LogP contribution in [0.2, 0.25) is 0 Å². The Morgan fingerprint density at radius 1 is 1.50 bits per heavy atom. The minimum atomic E-state index is -0.317. The molecule has 0 bridgehead atoms. The fourth-order valence-corrected chi connectivity index (χ4v) is 2.19. The van der Waals surface area contributed by atoms with Crippen molar-refractivity contribution >= 4 is 11.4 Å². The second kappa shape index (κ2) is 5.44. The van der Waals surface area contributed by atoms with Gasteiger partial charge in [0.15, 0.2) is 0 Å². The number of methoxy groups -OCH3 is 1. The number of halogens is 1. The molecular formula is C13H19FN2O2. The molecule has 1 aromatic rings. The maximum Gasteiger partial charge on any atom is 0.148 e. The van der Waals surface area contributed by atoms with E-state index in [0.717, 1.165) is 13.0 Å². The maximum absolute atomic E-state index is 14.0. The topological polar surface area (TPSA) is 47.7 Å². The van der Waals surface area contributed by atoms with Crippen LogP contribution in [0.3, 0.4) is 0 Å². The number of hydrogen-bond donors (Lipinski definition) is 1. The average molecular weight is 254 g/mol. The van der Waals surface area contributed by atoms with E-state index in [1.54, 1.807) is 6.07 Å². The normalized spacial score (nSPS) is 20.6. The SMILES string of the molecule is COc1cc(N2CCCOC(C)C2)c(F)cc1N. The zero-order chi connectivity index (χ0) is 13.1. The van der Waals surface area contributed by atoms with E-state index in [4.69, 9.17) is 15.2 Å². The van der Waals surface area contributed by atoms with Crippen molar-refractivity contribution in [1.29, 1.82) is 0 Å². The van der Waals surface area contributed by atoms with Gasteiger partial charge in [0.1, 0.15) is 11.6 Å². The van der Waals surface area contributed by atoms with Gasteiger partial charge in [-0.2, -0.15) is 0 Å². The van der Waals surface area contributed by atoms with Crippen molar-refractivity contribution in [3.05, 3.63) is 17.9 Å². The molecule has 1 heterocycles. The summed E-state index contributed by atoms with van der Waals surface area (Å²) < 4.78 is 24.7. The zero-order valence-corrected chi connectivity index (χ0v) is 10.8. The lowest BCUT2D eigenvalue weighted by Crippen LogP contribution is -2.30. The van der Waals surface area contributed by atoms with Crippen LogP contribution in [-0.4, -0.2) is 32.9 Å². The molecule has 100 valence electrons. The van der Waals surface area contributed by atoms with Gasteiger partial charge in [0.05, 0.1) is 24.6 Å². The van der Waals surface area contributed by atoms with Crippen molar-refractivity contribution in [3.63, 3.8) is 0 Å². The monoisotopic (exact) mass is 254 g/mol. The zero-order valence-electron chi connectivity index (χ0n) is 10.8. The summed E-state index contributed by atoms with van der Waals surface area (Å²) >= 11 is 0. The number of benzene rings is 1. The second-order valence-electron chi connectivity index (χ2n) is 4.53. The predicted molar refractivity (Wildman–Crippen MR) is 69.6 cm³/mol. The molecule has 0 aromatic heterocycles. The van der Waals surface area contributed by atoms with Gasteiger partial charge in [0.25, 0.3) is 0 Å². The highest BCUT2D eigenvalue weighted by atomic mass is 19.1.